The third kappa shape index (κ3) is 5.59. The lowest BCUT2D eigenvalue weighted by Crippen LogP contribution is -2.42. The standard InChI is InChI=1S/C12H19BrF3NO/c1-9(13)7-10-5-3-2-4-6-17(10)11(18)8-12(14,15)16/h9-10H,2-8H2,1H3. The number of nitrogens with zero attached hydrogens (tertiary/aromatic N) is 1. The molecule has 1 rings (SSSR count). The van der Waals surface area contributed by atoms with Gasteiger partial charge >= 0.3 is 6.18 Å². The predicted octanol–water partition coefficient (Wildman–Crippen LogP) is 3.88. The van der Waals surface area contributed by atoms with E-state index in [2.05, 4.69) is 15.9 Å². The third-order valence-electron chi connectivity index (χ3n) is 3.15. The number of carbonyl (C=O) groups excluding carboxylic acids is 1. The fraction of sp³-hybridized carbons (Fsp3) is 0.917. The summed E-state index contributed by atoms with van der Waals surface area (Å²) in [5.74, 6) is -0.775. The zero-order chi connectivity index (χ0) is 13.8. The smallest absolute Gasteiger partial charge is 0.339 e. The van der Waals surface area contributed by atoms with E-state index in [9.17, 15) is 18.0 Å². The molecule has 0 bridgehead atoms. The molecule has 0 aromatic heterocycles. The normalized spacial score (nSPS) is 23.6. The molecule has 2 nitrogen and oxygen atoms in total. The van der Waals surface area contributed by atoms with E-state index in [-0.39, 0.29) is 10.9 Å². The van der Waals surface area contributed by atoms with Crippen LogP contribution in [0.2, 0.25) is 0 Å². The minimum absolute atomic E-state index is 0.0586. The van der Waals surface area contributed by atoms with Crippen molar-refractivity contribution in [2.75, 3.05) is 6.54 Å². The van der Waals surface area contributed by atoms with E-state index < -0.39 is 18.5 Å². The first-order chi connectivity index (χ1) is 8.29. The summed E-state index contributed by atoms with van der Waals surface area (Å²) in [5, 5.41) is 0. The number of halogens is 4. The summed E-state index contributed by atoms with van der Waals surface area (Å²) in [4.78, 5) is 13.4. The van der Waals surface area contributed by atoms with Crippen molar-refractivity contribution in [2.24, 2.45) is 0 Å². The maximum atomic E-state index is 12.3. The summed E-state index contributed by atoms with van der Waals surface area (Å²) in [6.45, 7) is 2.41. The van der Waals surface area contributed by atoms with Gasteiger partial charge in [0.2, 0.25) is 5.91 Å². The fourth-order valence-electron chi connectivity index (χ4n) is 2.40. The first-order valence-corrected chi connectivity index (χ1v) is 7.21. The van der Waals surface area contributed by atoms with Gasteiger partial charge in [-0.2, -0.15) is 13.2 Å². The van der Waals surface area contributed by atoms with Crippen molar-refractivity contribution < 1.29 is 18.0 Å². The van der Waals surface area contributed by atoms with Crippen molar-refractivity contribution in [1.82, 2.24) is 4.90 Å². The second-order valence-corrected chi connectivity index (χ2v) is 6.46. The van der Waals surface area contributed by atoms with E-state index in [4.69, 9.17) is 0 Å². The van der Waals surface area contributed by atoms with Crippen LogP contribution in [0.15, 0.2) is 0 Å². The van der Waals surface area contributed by atoms with Crippen LogP contribution < -0.4 is 0 Å². The number of carbonyl (C=O) groups is 1. The minimum atomic E-state index is -4.41. The first-order valence-electron chi connectivity index (χ1n) is 6.30. The molecule has 2 atom stereocenters. The maximum Gasteiger partial charge on any atom is 0.397 e. The quantitative estimate of drug-likeness (QED) is 0.719. The van der Waals surface area contributed by atoms with Crippen LogP contribution in [0.4, 0.5) is 13.2 Å². The second kappa shape index (κ2) is 6.78. The van der Waals surface area contributed by atoms with Crippen LogP contribution in [0.5, 0.6) is 0 Å². The van der Waals surface area contributed by atoms with E-state index in [1.807, 2.05) is 6.92 Å². The fourth-order valence-corrected chi connectivity index (χ4v) is 2.83. The Kier molecular flexibility index (Phi) is 5.95. The van der Waals surface area contributed by atoms with Gasteiger partial charge in [0.1, 0.15) is 6.42 Å². The van der Waals surface area contributed by atoms with Crippen LogP contribution in [0.3, 0.4) is 0 Å². The molecule has 1 heterocycles. The van der Waals surface area contributed by atoms with Gasteiger partial charge in [-0.3, -0.25) is 4.79 Å². The minimum Gasteiger partial charge on any atom is -0.339 e. The molecule has 2 unspecified atom stereocenters. The van der Waals surface area contributed by atoms with E-state index in [0.717, 1.165) is 25.7 Å². The van der Waals surface area contributed by atoms with Gasteiger partial charge in [-0.25, -0.2) is 0 Å². The number of amides is 1. The molecule has 0 aliphatic carbocycles. The largest absolute Gasteiger partial charge is 0.397 e. The molecular formula is C12H19BrF3NO. The van der Waals surface area contributed by atoms with Gasteiger partial charge in [-0.1, -0.05) is 35.7 Å². The van der Waals surface area contributed by atoms with Crippen molar-refractivity contribution in [3.8, 4) is 0 Å². The Morgan fingerprint density at radius 1 is 1.39 bits per heavy atom. The van der Waals surface area contributed by atoms with Gasteiger partial charge in [0.25, 0.3) is 0 Å². The van der Waals surface area contributed by atoms with Gasteiger partial charge < -0.3 is 4.90 Å². The lowest BCUT2D eigenvalue weighted by molar-refractivity contribution is -0.163. The molecule has 106 valence electrons. The molecule has 0 aromatic rings. The SMILES string of the molecule is CC(Br)CC1CCCCCN1C(=O)CC(F)(F)F. The monoisotopic (exact) mass is 329 g/mol. The molecular weight excluding hydrogens is 311 g/mol. The van der Waals surface area contributed by atoms with Crippen molar-refractivity contribution >= 4 is 21.8 Å². The second-order valence-electron chi connectivity index (χ2n) is 4.90. The molecule has 1 saturated heterocycles. The Balaban J connectivity index is 2.69. The van der Waals surface area contributed by atoms with E-state index in [1.165, 1.54) is 4.90 Å². The molecule has 1 aliphatic rings. The summed E-state index contributed by atoms with van der Waals surface area (Å²) < 4.78 is 36.9. The van der Waals surface area contributed by atoms with Gasteiger partial charge in [0.15, 0.2) is 0 Å². The lowest BCUT2D eigenvalue weighted by atomic mass is 10.0. The number of rotatable bonds is 3. The van der Waals surface area contributed by atoms with Crippen molar-refractivity contribution in [1.29, 1.82) is 0 Å². The van der Waals surface area contributed by atoms with Crippen LogP contribution >= 0.6 is 15.9 Å². The average molecular weight is 330 g/mol. The predicted molar refractivity (Wildman–Crippen MR) is 67.6 cm³/mol. The van der Waals surface area contributed by atoms with Gasteiger partial charge in [0.05, 0.1) is 0 Å². The molecule has 1 fully saturated rings. The third-order valence-corrected chi connectivity index (χ3v) is 3.52. The van der Waals surface area contributed by atoms with E-state index in [1.54, 1.807) is 0 Å². The highest BCUT2D eigenvalue weighted by Crippen LogP contribution is 2.26. The van der Waals surface area contributed by atoms with Gasteiger partial charge in [-0.05, 0) is 19.3 Å². The molecule has 0 aromatic carbocycles. The van der Waals surface area contributed by atoms with Gasteiger partial charge in [-0.15, -0.1) is 0 Å². The van der Waals surface area contributed by atoms with Crippen LogP contribution in [-0.4, -0.2) is 34.4 Å². The Morgan fingerprint density at radius 2 is 2.06 bits per heavy atom. The number of hydrogen-bond acceptors (Lipinski definition) is 1. The highest BCUT2D eigenvalue weighted by Gasteiger charge is 2.36. The molecule has 18 heavy (non-hydrogen) atoms. The van der Waals surface area contributed by atoms with Crippen LogP contribution in [0.1, 0.15) is 45.4 Å². The summed E-state index contributed by atoms with van der Waals surface area (Å²) in [6.07, 6.45) is -1.45. The number of hydrogen-bond donors (Lipinski definition) is 0. The highest BCUT2D eigenvalue weighted by molar-refractivity contribution is 9.09. The number of alkyl halides is 4. The molecule has 0 N–H and O–H groups in total. The van der Waals surface area contributed by atoms with Crippen LogP contribution in [-0.2, 0) is 4.79 Å². The molecule has 0 radical (unpaired) electrons. The molecule has 1 aliphatic heterocycles. The lowest BCUT2D eigenvalue weighted by Gasteiger charge is -2.31. The van der Waals surface area contributed by atoms with E-state index in [0.29, 0.717) is 13.0 Å². The zero-order valence-corrected chi connectivity index (χ0v) is 12.1. The van der Waals surface area contributed by atoms with Crippen molar-refractivity contribution in [3.05, 3.63) is 0 Å². The van der Waals surface area contributed by atoms with Gasteiger partial charge in [0, 0.05) is 17.4 Å². The van der Waals surface area contributed by atoms with Crippen LogP contribution in [0.25, 0.3) is 0 Å². The van der Waals surface area contributed by atoms with Crippen molar-refractivity contribution in [2.45, 2.75) is 62.5 Å². The van der Waals surface area contributed by atoms with E-state index >= 15 is 0 Å². The Hall–Kier alpha value is -0.260. The summed E-state index contributed by atoms with van der Waals surface area (Å²) in [5.41, 5.74) is 0. The number of likely N-dealkylation sites (tertiary alicyclic amines) is 1. The zero-order valence-electron chi connectivity index (χ0n) is 10.5. The summed E-state index contributed by atoms with van der Waals surface area (Å²) in [6, 6.07) is -0.0586. The molecule has 0 saturated carbocycles. The summed E-state index contributed by atoms with van der Waals surface area (Å²) in [7, 11) is 0. The Labute approximate surface area is 114 Å². The average Bonchev–Trinajstić information content (AvgIpc) is 2.39. The maximum absolute atomic E-state index is 12.3. The topological polar surface area (TPSA) is 20.3 Å². The summed E-state index contributed by atoms with van der Waals surface area (Å²) >= 11 is 3.41. The molecule has 0 spiro atoms. The van der Waals surface area contributed by atoms with Crippen molar-refractivity contribution in [3.63, 3.8) is 0 Å². The Bertz CT molecular complexity index is 281. The highest BCUT2D eigenvalue weighted by atomic mass is 79.9. The molecule has 1 amide bonds. The Morgan fingerprint density at radius 3 is 2.61 bits per heavy atom. The first kappa shape index (κ1) is 15.8. The molecule has 6 heteroatoms. The van der Waals surface area contributed by atoms with Crippen LogP contribution in [0, 0.1) is 0 Å².